The van der Waals surface area contributed by atoms with E-state index < -0.39 is 0 Å². The fourth-order valence-corrected chi connectivity index (χ4v) is 2.23. The minimum Gasteiger partial charge on any atom is -0.398 e. The number of rotatable bonds is 2. The van der Waals surface area contributed by atoms with E-state index in [2.05, 4.69) is 9.97 Å². The molecule has 0 aliphatic heterocycles. The van der Waals surface area contributed by atoms with Crippen LogP contribution in [0.2, 0.25) is 5.02 Å². The van der Waals surface area contributed by atoms with E-state index in [4.69, 9.17) is 17.3 Å². The van der Waals surface area contributed by atoms with Crippen molar-refractivity contribution in [1.82, 2.24) is 9.97 Å². The summed E-state index contributed by atoms with van der Waals surface area (Å²) in [4.78, 5) is 19.6. The monoisotopic (exact) mass is 271 g/mol. The summed E-state index contributed by atoms with van der Waals surface area (Å²) in [5, 5.41) is 1.05. The number of ketones is 1. The first-order valence-electron chi connectivity index (χ1n) is 5.68. The molecule has 0 saturated heterocycles. The maximum Gasteiger partial charge on any atom is 0.196 e. The quantitative estimate of drug-likeness (QED) is 0.556. The molecule has 0 aliphatic rings. The maximum absolute atomic E-state index is 12.5. The number of nitrogen functional groups attached to an aromatic ring is 1. The summed E-state index contributed by atoms with van der Waals surface area (Å²) < 4.78 is 0. The number of halogens is 1. The smallest absolute Gasteiger partial charge is 0.196 e. The molecule has 2 aromatic heterocycles. The number of nitrogens with one attached hydrogen (secondary N) is 1. The topological polar surface area (TPSA) is 71.8 Å². The molecule has 3 rings (SSSR count). The van der Waals surface area contributed by atoms with E-state index in [1.54, 1.807) is 36.8 Å². The second kappa shape index (κ2) is 4.40. The van der Waals surface area contributed by atoms with Crippen molar-refractivity contribution in [1.29, 1.82) is 0 Å². The van der Waals surface area contributed by atoms with Crippen LogP contribution in [0.15, 0.2) is 42.9 Å². The average molecular weight is 272 g/mol. The summed E-state index contributed by atoms with van der Waals surface area (Å²) in [7, 11) is 0. The molecule has 0 bridgehead atoms. The number of anilines is 1. The zero-order valence-electron chi connectivity index (χ0n) is 9.85. The van der Waals surface area contributed by atoms with Crippen molar-refractivity contribution in [3.05, 3.63) is 59.0 Å². The number of benzene rings is 1. The van der Waals surface area contributed by atoms with Gasteiger partial charge in [-0.15, -0.1) is 0 Å². The summed E-state index contributed by atoms with van der Waals surface area (Å²) in [6, 6.07) is 6.85. The van der Waals surface area contributed by atoms with Crippen LogP contribution in [-0.4, -0.2) is 15.8 Å². The molecule has 94 valence electrons. The Labute approximate surface area is 114 Å². The normalized spacial score (nSPS) is 10.8. The van der Waals surface area contributed by atoms with Gasteiger partial charge >= 0.3 is 0 Å². The van der Waals surface area contributed by atoms with E-state index in [0.717, 1.165) is 10.9 Å². The highest BCUT2D eigenvalue weighted by molar-refractivity contribution is 6.37. The number of carbonyl (C=O) groups excluding carboxylic acids is 1. The first-order valence-corrected chi connectivity index (χ1v) is 6.06. The average Bonchev–Trinajstić information content (AvgIpc) is 2.85. The Balaban J connectivity index is 2.17. The predicted octanol–water partition coefficient (Wildman–Crippen LogP) is 3.03. The van der Waals surface area contributed by atoms with E-state index in [1.807, 2.05) is 6.07 Å². The number of hydrogen-bond acceptors (Lipinski definition) is 3. The molecule has 0 unspecified atom stereocenters. The van der Waals surface area contributed by atoms with E-state index in [1.165, 1.54) is 0 Å². The van der Waals surface area contributed by atoms with Crippen molar-refractivity contribution in [3.8, 4) is 0 Å². The molecule has 1 aromatic carbocycles. The van der Waals surface area contributed by atoms with E-state index in [0.29, 0.717) is 16.8 Å². The molecule has 0 aliphatic carbocycles. The van der Waals surface area contributed by atoms with Gasteiger partial charge in [0.1, 0.15) is 0 Å². The van der Waals surface area contributed by atoms with Gasteiger partial charge in [0.2, 0.25) is 0 Å². The van der Waals surface area contributed by atoms with Gasteiger partial charge in [-0.25, -0.2) is 0 Å². The minimum absolute atomic E-state index is 0.170. The molecule has 3 N–H and O–H groups in total. The third kappa shape index (κ3) is 1.86. The zero-order valence-corrected chi connectivity index (χ0v) is 10.6. The molecular formula is C14H10ClN3O. The van der Waals surface area contributed by atoms with Gasteiger partial charge in [0, 0.05) is 40.6 Å². The van der Waals surface area contributed by atoms with Crippen molar-refractivity contribution >= 4 is 34.0 Å². The van der Waals surface area contributed by atoms with Gasteiger partial charge in [-0.05, 0) is 18.2 Å². The van der Waals surface area contributed by atoms with Crippen LogP contribution < -0.4 is 5.73 Å². The Bertz CT molecular complexity index is 779. The predicted molar refractivity (Wildman–Crippen MR) is 75.4 cm³/mol. The van der Waals surface area contributed by atoms with Gasteiger partial charge in [0.15, 0.2) is 5.78 Å². The van der Waals surface area contributed by atoms with Crippen molar-refractivity contribution < 1.29 is 4.79 Å². The SMILES string of the molecule is Nc1cccc(C(=O)c2c[nH]c3ccncc23)c1Cl. The Hall–Kier alpha value is -2.33. The summed E-state index contributed by atoms with van der Waals surface area (Å²) in [6.45, 7) is 0. The van der Waals surface area contributed by atoms with E-state index >= 15 is 0 Å². The standard InChI is InChI=1S/C14H10ClN3O/c15-13-8(2-1-3-11(13)16)14(19)10-7-18-12-4-5-17-6-9(10)12/h1-7,18H,16H2. The van der Waals surface area contributed by atoms with Crippen LogP contribution in [0.25, 0.3) is 10.9 Å². The number of aromatic nitrogens is 2. The number of hydrogen-bond donors (Lipinski definition) is 2. The van der Waals surface area contributed by atoms with Crippen molar-refractivity contribution in [2.75, 3.05) is 5.73 Å². The number of carbonyl (C=O) groups is 1. The van der Waals surface area contributed by atoms with Crippen LogP contribution in [0, 0.1) is 0 Å². The third-order valence-corrected chi connectivity index (χ3v) is 3.42. The molecule has 19 heavy (non-hydrogen) atoms. The lowest BCUT2D eigenvalue weighted by Crippen LogP contribution is -2.03. The van der Waals surface area contributed by atoms with Crippen molar-refractivity contribution in [2.45, 2.75) is 0 Å². The second-order valence-corrected chi connectivity index (χ2v) is 4.54. The van der Waals surface area contributed by atoms with Crippen LogP contribution in [0.5, 0.6) is 0 Å². The number of fused-ring (bicyclic) bond motifs is 1. The third-order valence-electron chi connectivity index (χ3n) is 3.00. The Morgan fingerprint density at radius 2 is 2.11 bits per heavy atom. The van der Waals surface area contributed by atoms with E-state index in [9.17, 15) is 4.79 Å². The second-order valence-electron chi connectivity index (χ2n) is 4.16. The van der Waals surface area contributed by atoms with Crippen molar-refractivity contribution in [2.24, 2.45) is 0 Å². The number of pyridine rings is 1. The number of nitrogens with zero attached hydrogens (tertiary/aromatic N) is 1. The minimum atomic E-state index is -0.170. The molecule has 4 nitrogen and oxygen atoms in total. The highest BCUT2D eigenvalue weighted by atomic mass is 35.5. The van der Waals surface area contributed by atoms with Gasteiger partial charge in [-0.1, -0.05) is 17.7 Å². The Morgan fingerprint density at radius 1 is 1.26 bits per heavy atom. The maximum atomic E-state index is 12.5. The molecule has 0 radical (unpaired) electrons. The van der Waals surface area contributed by atoms with Gasteiger partial charge in [-0.3, -0.25) is 9.78 Å². The fourth-order valence-electron chi connectivity index (χ4n) is 2.02. The molecule has 0 atom stereocenters. The van der Waals surface area contributed by atoms with Gasteiger partial charge in [-0.2, -0.15) is 0 Å². The summed E-state index contributed by atoms with van der Waals surface area (Å²) in [5.41, 5.74) is 7.91. The molecule has 2 heterocycles. The molecule has 0 fully saturated rings. The van der Waals surface area contributed by atoms with Crippen LogP contribution in [0.3, 0.4) is 0 Å². The van der Waals surface area contributed by atoms with E-state index in [-0.39, 0.29) is 10.8 Å². The molecular weight excluding hydrogens is 262 g/mol. The molecule has 0 spiro atoms. The number of aromatic amines is 1. The largest absolute Gasteiger partial charge is 0.398 e. The summed E-state index contributed by atoms with van der Waals surface area (Å²) >= 11 is 6.08. The summed E-state index contributed by atoms with van der Waals surface area (Å²) in [5.74, 6) is -0.170. The molecule has 5 heteroatoms. The first kappa shape index (κ1) is 11.7. The van der Waals surface area contributed by atoms with Crippen LogP contribution in [-0.2, 0) is 0 Å². The number of H-pyrrole nitrogens is 1. The lowest BCUT2D eigenvalue weighted by molar-refractivity contribution is 0.104. The van der Waals surface area contributed by atoms with Crippen LogP contribution in [0.1, 0.15) is 15.9 Å². The molecule has 0 saturated carbocycles. The highest BCUT2D eigenvalue weighted by Gasteiger charge is 2.17. The Morgan fingerprint density at radius 3 is 2.95 bits per heavy atom. The fraction of sp³-hybridized carbons (Fsp3) is 0. The number of nitrogens with two attached hydrogens (primary N) is 1. The first-order chi connectivity index (χ1) is 9.18. The van der Waals surface area contributed by atoms with Crippen molar-refractivity contribution in [3.63, 3.8) is 0 Å². The van der Waals surface area contributed by atoms with Crippen LogP contribution >= 0.6 is 11.6 Å². The van der Waals surface area contributed by atoms with Gasteiger partial charge in [0.25, 0.3) is 0 Å². The van der Waals surface area contributed by atoms with Gasteiger partial charge in [0.05, 0.1) is 10.7 Å². The summed E-state index contributed by atoms with van der Waals surface area (Å²) in [6.07, 6.45) is 4.98. The lowest BCUT2D eigenvalue weighted by atomic mass is 10.0. The molecule has 0 amide bonds. The Kier molecular flexibility index (Phi) is 2.72. The lowest BCUT2D eigenvalue weighted by Gasteiger charge is -2.04. The highest BCUT2D eigenvalue weighted by Crippen LogP contribution is 2.27. The van der Waals surface area contributed by atoms with Crippen LogP contribution in [0.4, 0.5) is 5.69 Å². The zero-order chi connectivity index (χ0) is 13.4. The van der Waals surface area contributed by atoms with Gasteiger partial charge < -0.3 is 10.7 Å². The molecule has 3 aromatic rings.